The van der Waals surface area contributed by atoms with Crippen molar-refractivity contribution in [2.24, 2.45) is 0 Å². The number of aryl methyl sites for hydroxylation is 3. The average molecular weight is 417 g/mol. The van der Waals surface area contributed by atoms with E-state index in [9.17, 15) is 9.90 Å². The number of phenolic OH excluding ortho intramolecular Hbond substituents is 1. The smallest absolute Gasteiger partial charge is 0.174 e. The van der Waals surface area contributed by atoms with Crippen LogP contribution < -0.4 is 4.74 Å². The second-order valence-electron chi connectivity index (χ2n) is 8.75. The third-order valence-electron chi connectivity index (χ3n) is 5.65. The first-order chi connectivity index (χ1) is 14.7. The molecule has 0 radical (unpaired) electrons. The molecule has 3 rings (SSSR count). The number of carbonyl (C=O) groups is 1. The molecule has 0 aromatic heterocycles. The maximum Gasteiger partial charge on any atom is 0.174 e. The van der Waals surface area contributed by atoms with Crippen LogP contribution in [0.5, 0.6) is 11.5 Å². The Bertz CT molecular complexity index is 1060. The third-order valence-corrected chi connectivity index (χ3v) is 5.65. The number of benzene rings is 3. The number of hydrogen-bond acceptors (Lipinski definition) is 3. The predicted molar refractivity (Wildman–Crippen MR) is 126 cm³/mol. The molecule has 0 fully saturated rings. The zero-order valence-electron chi connectivity index (χ0n) is 19.2. The summed E-state index contributed by atoms with van der Waals surface area (Å²) in [6, 6.07) is 17.9. The Labute approximate surface area is 185 Å². The summed E-state index contributed by atoms with van der Waals surface area (Å²) in [6.45, 7) is 10.4. The van der Waals surface area contributed by atoms with Gasteiger partial charge in [-0.25, -0.2) is 0 Å². The van der Waals surface area contributed by atoms with Crippen LogP contribution in [-0.2, 0) is 17.6 Å². The molecule has 0 saturated carbocycles. The lowest BCUT2D eigenvalue weighted by Gasteiger charge is -2.15. The number of ether oxygens (including phenoxy) is 1. The van der Waals surface area contributed by atoms with Gasteiger partial charge in [0.15, 0.2) is 5.78 Å². The Morgan fingerprint density at radius 1 is 0.935 bits per heavy atom. The van der Waals surface area contributed by atoms with Gasteiger partial charge in [0.1, 0.15) is 18.1 Å². The first kappa shape index (κ1) is 22.6. The first-order valence-corrected chi connectivity index (χ1v) is 10.8. The highest BCUT2D eigenvalue weighted by atomic mass is 16.5. The molecule has 0 amide bonds. The van der Waals surface area contributed by atoms with E-state index in [1.807, 2.05) is 49.4 Å². The van der Waals surface area contributed by atoms with Gasteiger partial charge in [0, 0.05) is 6.42 Å². The van der Waals surface area contributed by atoms with E-state index in [0.29, 0.717) is 12.2 Å². The van der Waals surface area contributed by atoms with Gasteiger partial charge in [0.05, 0.1) is 0 Å². The van der Waals surface area contributed by atoms with Crippen LogP contribution in [0.1, 0.15) is 58.7 Å². The molecule has 0 atom stereocenters. The molecule has 0 aliphatic rings. The Kier molecular flexibility index (Phi) is 7.17. The molecule has 3 heteroatoms. The normalized spacial score (nSPS) is 11.0. The summed E-state index contributed by atoms with van der Waals surface area (Å²) in [4.78, 5) is 12.3. The number of aromatic hydroxyl groups is 1. The molecule has 0 spiro atoms. The van der Waals surface area contributed by atoms with E-state index in [0.717, 1.165) is 40.0 Å². The fraction of sp³-hybridized carbons (Fsp3) is 0.321. The minimum atomic E-state index is 0.0651. The quantitative estimate of drug-likeness (QED) is 0.474. The summed E-state index contributed by atoms with van der Waals surface area (Å²) in [5.41, 5.74) is 7.85. The molecule has 0 saturated heterocycles. The van der Waals surface area contributed by atoms with Crippen LogP contribution in [0.4, 0.5) is 0 Å². The van der Waals surface area contributed by atoms with Crippen molar-refractivity contribution in [3.05, 3.63) is 93.5 Å². The molecule has 0 aliphatic carbocycles. The highest BCUT2D eigenvalue weighted by Gasteiger charge is 2.12. The molecule has 0 heterocycles. The highest BCUT2D eigenvalue weighted by molar-refractivity contribution is 5.82. The van der Waals surface area contributed by atoms with Gasteiger partial charge in [-0.3, -0.25) is 4.79 Å². The number of hydrogen-bond donors (Lipinski definition) is 1. The van der Waals surface area contributed by atoms with Crippen molar-refractivity contribution in [3.63, 3.8) is 0 Å². The molecule has 3 aromatic rings. The molecular formula is C28H32O3. The van der Waals surface area contributed by atoms with Crippen LogP contribution in [0.2, 0.25) is 0 Å². The monoisotopic (exact) mass is 416 g/mol. The second-order valence-corrected chi connectivity index (χ2v) is 8.75. The van der Waals surface area contributed by atoms with Crippen LogP contribution >= 0.6 is 0 Å². The van der Waals surface area contributed by atoms with Crippen LogP contribution in [-0.4, -0.2) is 17.5 Å². The number of Topliss-reactive ketones (excluding diaryl/α,β-unsaturated/α-hetero) is 1. The van der Waals surface area contributed by atoms with E-state index in [4.69, 9.17) is 4.74 Å². The standard InChI is InChI=1S/C28H32O3/c1-18(2)26-15-23(9-10-28(26)30)16-27-20(4)12-25(13-21(27)5)31-17-24(29)14-22-8-6-7-19(3)11-22/h6-13,15,18,30H,14,16-17H2,1-5H3. The van der Waals surface area contributed by atoms with Gasteiger partial charge >= 0.3 is 0 Å². The Morgan fingerprint density at radius 2 is 1.65 bits per heavy atom. The van der Waals surface area contributed by atoms with Crippen molar-refractivity contribution < 1.29 is 14.6 Å². The SMILES string of the molecule is Cc1cccc(CC(=O)COc2cc(C)c(Cc3ccc(O)c(C(C)C)c3)c(C)c2)c1. The fourth-order valence-electron chi connectivity index (χ4n) is 3.96. The van der Waals surface area contributed by atoms with E-state index in [2.05, 4.69) is 33.8 Å². The van der Waals surface area contributed by atoms with Crippen LogP contribution in [0.15, 0.2) is 54.6 Å². The molecule has 31 heavy (non-hydrogen) atoms. The number of ketones is 1. The molecule has 1 N–H and O–H groups in total. The highest BCUT2D eigenvalue weighted by Crippen LogP contribution is 2.29. The largest absolute Gasteiger partial charge is 0.508 e. The summed E-state index contributed by atoms with van der Waals surface area (Å²) in [7, 11) is 0. The van der Waals surface area contributed by atoms with Gasteiger partial charge in [-0.1, -0.05) is 55.8 Å². The molecule has 162 valence electrons. The second kappa shape index (κ2) is 9.82. The molecule has 0 aliphatic heterocycles. The van der Waals surface area contributed by atoms with Gasteiger partial charge in [-0.15, -0.1) is 0 Å². The molecule has 3 nitrogen and oxygen atoms in total. The van der Waals surface area contributed by atoms with E-state index >= 15 is 0 Å². The van der Waals surface area contributed by atoms with Crippen molar-refractivity contribution in [3.8, 4) is 11.5 Å². The van der Waals surface area contributed by atoms with Crippen molar-refractivity contribution in [2.75, 3.05) is 6.61 Å². The topological polar surface area (TPSA) is 46.5 Å². The van der Waals surface area contributed by atoms with E-state index < -0.39 is 0 Å². The van der Waals surface area contributed by atoms with Gasteiger partial charge in [-0.05, 0) is 84.7 Å². The van der Waals surface area contributed by atoms with Crippen molar-refractivity contribution in [1.29, 1.82) is 0 Å². The maximum absolute atomic E-state index is 12.3. The zero-order chi connectivity index (χ0) is 22.5. The zero-order valence-corrected chi connectivity index (χ0v) is 19.2. The Morgan fingerprint density at radius 3 is 2.29 bits per heavy atom. The van der Waals surface area contributed by atoms with Crippen molar-refractivity contribution >= 4 is 5.78 Å². The minimum absolute atomic E-state index is 0.0651. The molecule has 3 aromatic carbocycles. The number of phenols is 1. The van der Waals surface area contributed by atoms with Crippen molar-refractivity contribution in [2.45, 2.75) is 53.4 Å². The van der Waals surface area contributed by atoms with Gasteiger partial charge < -0.3 is 9.84 Å². The third kappa shape index (κ3) is 5.97. The van der Waals surface area contributed by atoms with Gasteiger partial charge in [-0.2, -0.15) is 0 Å². The lowest BCUT2D eigenvalue weighted by Crippen LogP contribution is -2.14. The summed E-state index contributed by atoms with van der Waals surface area (Å²) < 4.78 is 5.82. The van der Waals surface area contributed by atoms with E-state index in [1.54, 1.807) is 6.07 Å². The predicted octanol–water partition coefficient (Wildman–Crippen LogP) is 6.22. The van der Waals surface area contributed by atoms with E-state index in [1.165, 1.54) is 11.1 Å². The van der Waals surface area contributed by atoms with Crippen LogP contribution in [0.25, 0.3) is 0 Å². The summed E-state index contributed by atoms with van der Waals surface area (Å²) >= 11 is 0. The fourth-order valence-corrected chi connectivity index (χ4v) is 3.96. The lowest BCUT2D eigenvalue weighted by atomic mass is 9.93. The minimum Gasteiger partial charge on any atom is -0.508 e. The first-order valence-electron chi connectivity index (χ1n) is 10.8. The molecule has 0 bridgehead atoms. The summed E-state index contributed by atoms with van der Waals surface area (Å²) in [5, 5.41) is 10.1. The number of rotatable bonds is 8. The molecule has 0 unspecified atom stereocenters. The van der Waals surface area contributed by atoms with Crippen LogP contribution in [0.3, 0.4) is 0 Å². The van der Waals surface area contributed by atoms with Gasteiger partial charge in [0.2, 0.25) is 0 Å². The van der Waals surface area contributed by atoms with Gasteiger partial charge in [0.25, 0.3) is 0 Å². The van der Waals surface area contributed by atoms with Crippen molar-refractivity contribution in [1.82, 2.24) is 0 Å². The molecular weight excluding hydrogens is 384 g/mol. The Hall–Kier alpha value is -3.07. The van der Waals surface area contributed by atoms with E-state index in [-0.39, 0.29) is 18.3 Å². The Balaban J connectivity index is 1.67. The van der Waals surface area contributed by atoms with Crippen LogP contribution in [0, 0.1) is 20.8 Å². The lowest BCUT2D eigenvalue weighted by molar-refractivity contribution is -0.120. The number of carbonyl (C=O) groups excluding carboxylic acids is 1. The summed E-state index contributed by atoms with van der Waals surface area (Å²) in [5.74, 6) is 1.42. The maximum atomic E-state index is 12.3. The summed E-state index contributed by atoms with van der Waals surface area (Å²) in [6.07, 6.45) is 1.18. The average Bonchev–Trinajstić information content (AvgIpc) is 2.70.